The summed E-state index contributed by atoms with van der Waals surface area (Å²) in [6.45, 7) is 0.0690. The number of rotatable bonds is 4. The standard InChI is InChI=1S/C14H20N2O2/c1-15-13-5-3-4-10-6-7-11(8-12(10)13)18-9-14(17)16-2/h6-8,13,15H,3-5,9H2,1-2H3,(H,16,17). The van der Waals surface area contributed by atoms with Crippen molar-refractivity contribution in [3.63, 3.8) is 0 Å². The van der Waals surface area contributed by atoms with Crippen LogP contribution in [0.3, 0.4) is 0 Å². The van der Waals surface area contributed by atoms with Crippen LogP contribution in [0.25, 0.3) is 0 Å². The Morgan fingerprint density at radius 2 is 2.28 bits per heavy atom. The van der Waals surface area contributed by atoms with E-state index >= 15 is 0 Å². The molecule has 0 radical (unpaired) electrons. The number of carbonyl (C=O) groups is 1. The second-order valence-corrected chi connectivity index (χ2v) is 4.56. The molecule has 1 aliphatic rings. The van der Waals surface area contributed by atoms with Crippen molar-refractivity contribution in [3.05, 3.63) is 29.3 Å². The minimum Gasteiger partial charge on any atom is -0.484 e. The Hall–Kier alpha value is -1.55. The van der Waals surface area contributed by atoms with Crippen molar-refractivity contribution in [1.29, 1.82) is 0 Å². The van der Waals surface area contributed by atoms with Gasteiger partial charge in [0.15, 0.2) is 6.61 Å². The van der Waals surface area contributed by atoms with E-state index in [4.69, 9.17) is 4.74 Å². The third kappa shape index (κ3) is 2.82. The molecule has 0 saturated heterocycles. The van der Waals surface area contributed by atoms with Gasteiger partial charge in [-0.3, -0.25) is 4.79 Å². The van der Waals surface area contributed by atoms with Crippen LogP contribution in [0, 0.1) is 0 Å². The number of nitrogens with one attached hydrogen (secondary N) is 2. The van der Waals surface area contributed by atoms with Gasteiger partial charge in [-0.2, -0.15) is 0 Å². The predicted octanol–water partition coefficient (Wildman–Crippen LogP) is 1.41. The highest BCUT2D eigenvalue weighted by Gasteiger charge is 2.19. The maximum Gasteiger partial charge on any atom is 0.257 e. The van der Waals surface area contributed by atoms with E-state index in [2.05, 4.69) is 22.8 Å². The van der Waals surface area contributed by atoms with Crippen molar-refractivity contribution in [3.8, 4) is 5.75 Å². The molecule has 1 aromatic rings. The number of amides is 1. The monoisotopic (exact) mass is 248 g/mol. The Morgan fingerprint density at radius 1 is 1.44 bits per heavy atom. The van der Waals surface area contributed by atoms with Crippen LogP contribution in [0.1, 0.15) is 30.0 Å². The number of aryl methyl sites for hydroxylation is 1. The zero-order chi connectivity index (χ0) is 13.0. The summed E-state index contributed by atoms with van der Waals surface area (Å²) in [5, 5.41) is 5.87. The van der Waals surface area contributed by atoms with Crippen LogP contribution >= 0.6 is 0 Å². The number of hydrogen-bond donors (Lipinski definition) is 2. The summed E-state index contributed by atoms with van der Waals surface area (Å²) in [6, 6.07) is 6.51. The number of benzene rings is 1. The van der Waals surface area contributed by atoms with E-state index in [0.29, 0.717) is 6.04 Å². The van der Waals surface area contributed by atoms with Gasteiger partial charge in [-0.25, -0.2) is 0 Å². The number of carbonyl (C=O) groups excluding carboxylic acids is 1. The van der Waals surface area contributed by atoms with Gasteiger partial charge < -0.3 is 15.4 Å². The topological polar surface area (TPSA) is 50.4 Å². The Labute approximate surface area is 108 Å². The normalized spacial score (nSPS) is 18.0. The minimum atomic E-state index is -0.113. The summed E-state index contributed by atoms with van der Waals surface area (Å²) in [6.07, 6.45) is 3.50. The maximum atomic E-state index is 11.1. The molecule has 4 heteroatoms. The van der Waals surface area contributed by atoms with Crippen molar-refractivity contribution in [2.75, 3.05) is 20.7 Å². The first-order valence-corrected chi connectivity index (χ1v) is 6.38. The number of hydrogen-bond acceptors (Lipinski definition) is 3. The van der Waals surface area contributed by atoms with Crippen LogP contribution < -0.4 is 15.4 Å². The Kier molecular flexibility index (Phi) is 4.20. The largest absolute Gasteiger partial charge is 0.484 e. The van der Waals surface area contributed by atoms with E-state index in [-0.39, 0.29) is 12.5 Å². The molecule has 1 amide bonds. The lowest BCUT2D eigenvalue weighted by Crippen LogP contribution is -2.25. The molecule has 1 atom stereocenters. The summed E-state index contributed by atoms with van der Waals surface area (Å²) in [4.78, 5) is 11.1. The maximum absolute atomic E-state index is 11.1. The van der Waals surface area contributed by atoms with Crippen molar-refractivity contribution in [1.82, 2.24) is 10.6 Å². The predicted molar refractivity (Wildman–Crippen MR) is 70.7 cm³/mol. The zero-order valence-electron chi connectivity index (χ0n) is 11.0. The summed E-state index contributed by atoms with van der Waals surface area (Å²) in [5.74, 6) is 0.650. The van der Waals surface area contributed by atoms with Crippen molar-refractivity contribution in [2.45, 2.75) is 25.3 Å². The van der Waals surface area contributed by atoms with E-state index in [1.54, 1.807) is 7.05 Å². The fraction of sp³-hybridized carbons (Fsp3) is 0.500. The molecule has 18 heavy (non-hydrogen) atoms. The average Bonchev–Trinajstić information content (AvgIpc) is 2.43. The SMILES string of the molecule is CNC(=O)COc1ccc2c(c1)C(NC)CCC2. The molecule has 0 bridgehead atoms. The van der Waals surface area contributed by atoms with Gasteiger partial charge in [0.1, 0.15) is 5.75 Å². The molecule has 0 heterocycles. The molecule has 0 aromatic heterocycles. The second kappa shape index (κ2) is 5.87. The third-order valence-electron chi connectivity index (χ3n) is 3.43. The molecule has 0 aliphatic heterocycles. The van der Waals surface area contributed by atoms with E-state index in [0.717, 1.165) is 18.6 Å². The van der Waals surface area contributed by atoms with Crippen molar-refractivity contribution in [2.24, 2.45) is 0 Å². The average molecular weight is 248 g/mol. The summed E-state index contributed by atoms with van der Waals surface area (Å²) >= 11 is 0. The van der Waals surface area contributed by atoms with Gasteiger partial charge in [0.05, 0.1) is 0 Å². The lowest BCUT2D eigenvalue weighted by molar-refractivity contribution is -0.122. The molecule has 4 nitrogen and oxygen atoms in total. The smallest absolute Gasteiger partial charge is 0.257 e. The Morgan fingerprint density at radius 3 is 3.00 bits per heavy atom. The van der Waals surface area contributed by atoms with Gasteiger partial charge >= 0.3 is 0 Å². The molecule has 1 aliphatic carbocycles. The minimum absolute atomic E-state index is 0.0690. The molecule has 0 spiro atoms. The van der Waals surface area contributed by atoms with E-state index in [9.17, 15) is 4.79 Å². The highest BCUT2D eigenvalue weighted by Crippen LogP contribution is 2.32. The van der Waals surface area contributed by atoms with Gasteiger partial charge in [0.25, 0.3) is 5.91 Å². The van der Waals surface area contributed by atoms with Crippen LogP contribution in [-0.4, -0.2) is 26.6 Å². The lowest BCUT2D eigenvalue weighted by Gasteiger charge is -2.25. The van der Waals surface area contributed by atoms with E-state index < -0.39 is 0 Å². The second-order valence-electron chi connectivity index (χ2n) is 4.56. The van der Waals surface area contributed by atoms with Crippen LogP contribution in [-0.2, 0) is 11.2 Å². The summed E-state index contributed by atoms with van der Waals surface area (Å²) in [7, 11) is 3.59. The van der Waals surface area contributed by atoms with Gasteiger partial charge in [-0.05, 0) is 49.6 Å². The molecular formula is C14H20N2O2. The zero-order valence-corrected chi connectivity index (χ0v) is 11.0. The third-order valence-corrected chi connectivity index (χ3v) is 3.43. The van der Waals surface area contributed by atoms with Crippen LogP contribution in [0.2, 0.25) is 0 Å². The van der Waals surface area contributed by atoms with Crippen LogP contribution in [0.4, 0.5) is 0 Å². The molecular weight excluding hydrogens is 228 g/mol. The summed E-state index contributed by atoms with van der Waals surface area (Å²) in [5.41, 5.74) is 2.69. The lowest BCUT2D eigenvalue weighted by atomic mass is 9.87. The highest BCUT2D eigenvalue weighted by molar-refractivity contribution is 5.77. The van der Waals surface area contributed by atoms with Crippen molar-refractivity contribution < 1.29 is 9.53 Å². The van der Waals surface area contributed by atoms with E-state index in [1.165, 1.54) is 17.5 Å². The molecule has 0 saturated carbocycles. The quantitative estimate of drug-likeness (QED) is 0.847. The first-order chi connectivity index (χ1) is 8.74. The Bertz CT molecular complexity index is 432. The highest BCUT2D eigenvalue weighted by atomic mass is 16.5. The number of ether oxygens (including phenoxy) is 1. The Balaban J connectivity index is 2.12. The fourth-order valence-electron chi connectivity index (χ4n) is 2.39. The molecule has 2 rings (SSSR count). The van der Waals surface area contributed by atoms with E-state index in [1.807, 2.05) is 13.1 Å². The molecule has 1 aromatic carbocycles. The van der Waals surface area contributed by atoms with Gasteiger partial charge in [-0.15, -0.1) is 0 Å². The fourth-order valence-corrected chi connectivity index (χ4v) is 2.39. The summed E-state index contributed by atoms with van der Waals surface area (Å²) < 4.78 is 5.48. The van der Waals surface area contributed by atoms with Crippen LogP contribution in [0.15, 0.2) is 18.2 Å². The molecule has 0 fully saturated rings. The van der Waals surface area contributed by atoms with Crippen molar-refractivity contribution >= 4 is 5.91 Å². The van der Waals surface area contributed by atoms with Crippen LogP contribution in [0.5, 0.6) is 5.75 Å². The van der Waals surface area contributed by atoms with Gasteiger partial charge in [-0.1, -0.05) is 6.07 Å². The number of likely N-dealkylation sites (N-methyl/N-ethyl adjacent to an activating group) is 1. The number of fused-ring (bicyclic) bond motifs is 1. The van der Waals surface area contributed by atoms with Gasteiger partial charge in [0, 0.05) is 13.1 Å². The first kappa shape index (κ1) is 12.9. The molecule has 1 unspecified atom stereocenters. The van der Waals surface area contributed by atoms with Gasteiger partial charge in [0.2, 0.25) is 0 Å². The molecule has 2 N–H and O–H groups in total. The first-order valence-electron chi connectivity index (χ1n) is 6.38. The molecule has 98 valence electrons.